The lowest BCUT2D eigenvalue weighted by Gasteiger charge is -2.11. The van der Waals surface area contributed by atoms with Crippen molar-refractivity contribution in [2.45, 2.75) is 32.2 Å². The molecule has 24 heavy (non-hydrogen) atoms. The third-order valence-electron chi connectivity index (χ3n) is 4.27. The topological polar surface area (TPSA) is 85.1 Å². The average Bonchev–Trinajstić information content (AvgIpc) is 3.14. The minimum Gasteiger partial charge on any atom is -0.481 e. The number of thiophene rings is 1. The first-order chi connectivity index (χ1) is 11.6. The van der Waals surface area contributed by atoms with E-state index >= 15 is 0 Å². The summed E-state index contributed by atoms with van der Waals surface area (Å²) in [7, 11) is 0. The van der Waals surface area contributed by atoms with Crippen LogP contribution in [0.3, 0.4) is 0 Å². The van der Waals surface area contributed by atoms with Crippen LogP contribution in [0.15, 0.2) is 29.2 Å². The minimum atomic E-state index is -0.940. The Hall–Kier alpha value is -2.54. The van der Waals surface area contributed by atoms with E-state index in [0.29, 0.717) is 16.9 Å². The van der Waals surface area contributed by atoms with Crippen LogP contribution < -0.4 is 5.56 Å². The van der Waals surface area contributed by atoms with Crippen LogP contribution in [0.5, 0.6) is 0 Å². The molecule has 0 spiro atoms. The van der Waals surface area contributed by atoms with Crippen molar-refractivity contribution >= 4 is 27.5 Å². The summed E-state index contributed by atoms with van der Waals surface area (Å²) in [4.78, 5) is 35.0. The molecule has 4 rings (SSSR count). The summed E-state index contributed by atoms with van der Waals surface area (Å²) in [5.74, 6) is -0.501. The number of aryl methyl sites for hydroxylation is 2. The van der Waals surface area contributed by atoms with Gasteiger partial charge in [-0.25, -0.2) is 4.98 Å². The van der Waals surface area contributed by atoms with Gasteiger partial charge < -0.3 is 5.11 Å². The van der Waals surface area contributed by atoms with E-state index in [1.807, 2.05) is 6.07 Å². The maximum atomic E-state index is 13.1. The molecule has 7 heteroatoms. The van der Waals surface area contributed by atoms with E-state index in [-0.39, 0.29) is 18.5 Å². The molecule has 0 saturated heterocycles. The predicted molar refractivity (Wildman–Crippen MR) is 91.4 cm³/mol. The van der Waals surface area contributed by atoms with E-state index < -0.39 is 5.97 Å². The van der Waals surface area contributed by atoms with Gasteiger partial charge in [0.1, 0.15) is 10.5 Å². The van der Waals surface area contributed by atoms with Crippen LogP contribution in [-0.4, -0.2) is 25.6 Å². The molecule has 6 nitrogen and oxygen atoms in total. The lowest BCUT2D eigenvalue weighted by Crippen LogP contribution is -2.25. The highest BCUT2D eigenvalue weighted by atomic mass is 32.1. The fourth-order valence-corrected chi connectivity index (χ4v) is 4.43. The minimum absolute atomic E-state index is 0.0909. The van der Waals surface area contributed by atoms with Crippen molar-refractivity contribution in [3.63, 3.8) is 0 Å². The second kappa shape index (κ2) is 5.83. The van der Waals surface area contributed by atoms with Gasteiger partial charge in [-0.05, 0) is 37.0 Å². The molecule has 0 saturated carbocycles. The van der Waals surface area contributed by atoms with Crippen LogP contribution in [0.4, 0.5) is 0 Å². The molecule has 0 radical (unpaired) electrons. The van der Waals surface area contributed by atoms with Crippen molar-refractivity contribution in [1.29, 1.82) is 0 Å². The Morgan fingerprint density at radius 3 is 2.96 bits per heavy atom. The first-order valence-electron chi connectivity index (χ1n) is 7.83. The zero-order chi connectivity index (χ0) is 16.7. The summed E-state index contributed by atoms with van der Waals surface area (Å²) in [5, 5.41) is 9.67. The van der Waals surface area contributed by atoms with Gasteiger partial charge in [-0.2, -0.15) is 0 Å². The number of aromatic nitrogens is 3. The Morgan fingerprint density at radius 2 is 2.21 bits per heavy atom. The highest BCUT2D eigenvalue weighted by Crippen LogP contribution is 2.35. The molecule has 3 aromatic heterocycles. The van der Waals surface area contributed by atoms with Crippen LogP contribution in [0.1, 0.15) is 23.3 Å². The van der Waals surface area contributed by atoms with E-state index in [1.54, 1.807) is 29.7 Å². The highest BCUT2D eigenvalue weighted by molar-refractivity contribution is 7.18. The normalized spacial score (nSPS) is 13.3. The predicted octanol–water partition coefficient (Wildman–Crippen LogP) is 2.48. The Bertz CT molecular complexity index is 992. The molecule has 0 aromatic carbocycles. The monoisotopic (exact) mass is 341 g/mol. The molecule has 3 heterocycles. The summed E-state index contributed by atoms with van der Waals surface area (Å²) in [6.07, 6.45) is 4.46. The summed E-state index contributed by atoms with van der Waals surface area (Å²) in [6, 6.07) is 5.40. The van der Waals surface area contributed by atoms with Crippen LogP contribution >= 0.6 is 11.3 Å². The molecule has 122 valence electrons. The van der Waals surface area contributed by atoms with Gasteiger partial charge >= 0.3 is 5.97 Å². The second-order valence-electron chi connectivity index (χ2n) is 5.79. The number of hydrogen-bond donors (Lipinski definition) is 1. The van der Waals surface area contributed by atoms with Gasteiger partial charge in [0.15, 0.2) is 5.82 Å². The largest absolute Gasteiger partial charge is 0.481 e. The van der Waals surface area contributed by atoms with Crippen LogP contribution in [0.25, 0.3) is 21.7 Å². The van der Waals surface area contributed by atoms with Crippen molar-refractivity contribution in [3.05, 3.63) is 45.2 Å². The van der Waals surface area contributed by atoms with Gasteiger partial charge in [0.05, 0.1) is 11.8 Å². The van der Waals surface area contributed by atoms with Gasteiger partial charge in [0.2, 0.25) is 0 Å². The number of rotatable bonds is 4. The fourth-order valence-electron chi connectivity index (χ4n) is 3.18. The molecule has 0 atom stereocenters. The molecular weight excluding hydrogens is 326 g/mol. The lowest BCUT2D eigenvalue weighted by molar-refractivity contribution is -0.137. The van der Waals surface area contributed by atoms with E-state index in [2.05, 4.69) is 9.97 Å². The highest BCUT2D eigenvalue weighted by Gasteiger charge is 2.24. The lowest BCUT2D eigenvalue weighted by atomic mass is 10.2. The molecular formula is C17H15N3O3S. The number of carboxylic acids is 1. The van der Waals surface area contributed by atoms with Crippen molar-refractivity contribution in [3.8, 4) is 11.5 Å². The van der Waals surface area contributed by atoms with E-state index in [4.69, 9.17) is 5.11 Å². The Balaban J connectivity index is 1.98. The summed E-state index contributed by atoms with van der Waals surface area (Å²) >= 11 is 1.57. The van der Waals surface area contributed by atoms with Gasteiger partial charge in [0.25, 0.3) is 5.56 Å². The standard InChI is InChI=1S/C17H15N3O3S/c21-13(22)7-9-20-15(11-5-1-2-8-18-11)19-16-14(17(20)23)10-4-3-6-12(10)24-16/h1-2,5,8H,3-4,6-7,9H2,(H,21,22). The van der Waals surface area contributed by atoms with E-state index in [0.717, 1.165) is 29.7 Å². The summed E-state index contributed by atoms with van der Waals surface area (Å²) in [6.45, 7) is 0.0909. The van der Waals surface area contributed by atoms with Gasteiger partial charge in [0, 0.05) is 17.6 Å². The summed E-state index contributed by atoms with van der Waals surface area (Å²) < 4.78 is 1.46. The molecule has 0 amide bonds. The molecule has 0 unspecified atom stereocenters. The summed E-state index contributed by atoms with van der Waals surface area (Å²) in [5.41, 5.74) is 1.53. The van der Waals surface area contributed by atoms with E-state index in [9.17, 15) is 9.59 Å². The molecule has 0 bridgehead atoms. The maximum Gasteiger partial charge on any atom is 0.305 e. The molecule has 0 fully saturated rings. The first-order valence-corrected chi connectivity index (χ1v) is 8.65. The third-order valence-corrected chi connectivity index (χ3v) is 5.45. The Labute approximate surface area is 141 Å². The molecule has 1 aliphatic rings. The molecule has 3 aromatic rings. The van der Waals surface area contributed by atoms with Crippen LogP contribution in [-0.2, 0) is 24.2 Å². The van der Waals surface area contributed by atoms with Crippen LogP contribution in [0.2, 0.25) is 0 Å². The van der Waals surface area contributed by atoms with Crippen molar-refractivity contribution in [1.82, 2.24) is 14.5 Å². The molecule has 0 aliphatic heterocycles. The number of carbonyl (C=O) groups is 1. The van der Waals surface area contributed by atoms with Gasteiger partial charge in [-0.1, -0.05) is 6.07 Å². The number of fused-ring (bicyclic) bond motifs is 3. The maximum absolute atomic E-state index is 13.1. The Kier molecular flexibility index (Phi) is 3.65. The number of aliphatic carboxylic acids is 1. The molecule has 1 N–H and O–H groups in total. The average molecular weight is 341 g/mol. The second-order valence-corrected chi connectivity index (χ2v) is 6.87. The number of nitrogens with zero attached hydrogens (tertiary/aromatic N) is 3. The fraction of sp³-hybridized carbons (Fsp3) is 0.294. The smallest absolute Gasteiger partial charge is 0.305 e. The quantitative estimate of drug-likeness (QED) is 0.788. The Morgan fingerprint density at radius 1 is 1.33 bits per heavy atom. The number of carboxylic acid groups (broad SMARTS) is 1. The van der Waals surface area contributed by atoms with Crippen molar-refractivity contribution in [2.75, 3.05) is 0 Å². The zero-order valence-corrected chi connectivity index (χ0v) is 13.7. The van der Waals surface area contributed by atoms with Crippen LogP contribution in [0, 0.1) is 0 Å². The SMILES string of the molecule is O=C(O)CCn1c(-c2ccccn2)nc2sc3c(c2c1=O)CCC3. The van der Waals surface area contributed by atoms with Crippen molar-refractivity contribution in [2.24, 2.45) is 0 Å². The third kappa shape index (κ3) is 2.41. The van der Waals surface area contributed by atoms with Crippen molar-refractivity contribution < 1.29 is 9.90 Å². The number of pyridine rings is 1. The first kappa shape index (κ1) is 15.0. The number of hydrogen-bond acceptors (Lipinski definition) is 5. The zero-order valence-electron chi connectivity index (χ0n) is 12.9. The van der Waals surface area contributed by atoms with Gasteiger partial charge in [-0.15, -0.1) is 11.3 Å². The van der Waals surface area contributed by atoms with Gasteiger partial charge in [-0.3, -0.25) is 19.1 Å². The molecule has 1 aliphatic carbocycles. The van der Waals surface area contributed by atoms with E-state index in [1.165, 1.54) is 9.44 Å².